The van der Waals surface area contributed by atoms with Crippen molar-refractivity contribution in [2.75, 3.05) is 5.32 Å². The fraction of sp³-hybridized carbons (Fsp3) is 0.111. The molecule has 0 atom stereocenters. The minimum Gasteiger partial charge on any atom is -0.331 e. The third kappa shape index (κ3) is 5.08. The highest BCUT2D eigenvalue weighted by Gasteiger charge is 2.03. The van der Waals surface area contributed by atoms with Crippen LogP contribution in [0.2, 0.25) is 5.02 Å². The molecule has 0 unspecified atom stereocenters. The first kappa shape index (κ1) is 18.0. The maximum absolute atomic E-state index is 11.8. The van der Waals surface area contributed by atoms with Crippen molar-refractivity contribution in [3.05, 3.63) is 70.3 Å². The zero-order valence-electron chi connectivity index (χ0n) is 13.4. The molecular weight excluding hydrogens is 342 g/mol. The monoisotopic (exact) mass is 359 g/mol. The van der Waals surface area contributed by atoms with Gasteiger partial charge < -0.3 is 5.32 Å². The van der Waals surface area contributed by atoms with Gasteiger partial charge in [0.05, 0.1) is 0 Å². The van der Waals surface area contributed by atoms with Gasteiger partial charge in [0, 0.05) is 16.8 Å². The van der Waals surface area contributed by atoms with E-state index in [0.29, 0.717) is 10.1 Å². The minimum absolute atomic E-state index is 0.309. The zero-order valence-corrected chi connectivity index (χ0v) is 15.0. The normalized spacial score (nSPS) is 10.5. The first-order chi connectivity index (χ1) is 11.5. The van der Waals surface area contributed by atoms with Crippen molar-refractivity contribution in [2.24, 2.45) is 0 Å². The smallest absolute Gasteiger partial charge is 0.262 e. The van der Waals surface area contributed by atoms with E-state index >= 15 is 0 Å². The molecule has 3 N–H and O–H groups in total. The third-order valence-corrected chi connectivity index (χ3v) is 4.02. The van der Waals surface area contributed by atoms with Crippen molar-refractivity contribution in [1.82, 2.24) is 10.9 Å². The van der Waals surface area contributed by atoms with Gasteiger partial charge in [-0.2, -0.15) is 0 Å². The van der Waals surface area contributed by atoms with Gasteiger partial charge in [0.1, 0.15) is 0 Å². The quantitative estimate of drug-likeness (QED) is 0.440. The number of carbonyl (C=O) groups is 1. The van der Waals surface area contributed by atoms with Crippen LogP contribution in [-0.4, -0.2) is 11.0 Å². The second-order valence-corrected chi connectivity index (χ2v) is 5.99. The van der Waals surface area contributed by atoms with E-state index in [1.165, 1.54) is 6.08 Å². The predicted octanol–water partition coefficient (Wildman–Crippen LogP) is 3.99. The van der Waals surface area contributed by atoms with Crippen LogP contribution in [0.3, 0.4) is 0 Å². The molecule has 2 rings (SSSR count). The molecule has 4 nitrogen and oxygen atoms in total. The van der Waals surface area contributed by atoms with Gasteiger partial charge in [0.2, 0.25) is 0 Å². The van der Waals surface area contributed by atoms with Crippen LogP contribution in [0.25, 0.3) is 6.08 Å². The first-order valence-corrected chi connectivity index (χ1v) is 8.12. The molecular formula is C18H18ClN3OS. The second kappa shape index (κ2) is 8.47. The lowest BCUT2D eigenvalue weighted by atomic mass is 10.1. The molecule has 0 aliphatic rings. The Morgan fingerprint density at radius 3 is 2.58 bits per heavy atom. The van der Waals surface area contributed by atoms with E-state index in [4.69, 9.17) is 23.8 Å². The van der Waals surface area contributed by atoms with Crippen LogP contribution in [0, 0.1) is 13.8 Å². The lowest BCUT2D eigenvalue weighted by molar-refractivity contribution is -0.116. The summed E-state index contributed by atoms with van der Waals surface area (Å²) in [5.41, 5.74) is 9.10. The van der Waals surface area contributed by atoms with Gasteiger partial charge >= 0.3 is 0 Å². The highest BCUT2D eigenvalue weighted by molar-refractivity contribution is 7.80. The topological polar surface area (TPSA) is 53.2 Å². The van der Waals surface area contributed by atoms with Crippen molar-refractivity contribution in [3.8, 4) is 0 Å². The lowest BCUT2D eigenvalue weighted by Crippen LogP contribution is -2.43. The summed E-state index contributed by atoms with van der Waals surface area (Å²) >= 11 is 11.2. The van der Waals surface area contributed by atoms with Crippen molar-refractivity contribution in [2.45, 2.75) is 13.8 Å². The summed E-state index contributed by atoms with van der Waals surface area (Å²) in [6.07, 6.45) is 3.02. The summed E-state index contributed by atoms with van der Waals surface area (Å²) in [5, 5.41) is 3.94. The summed E-state index contributed by atoms with van der Waals surface area (Å²) in [6, 6.07) is 13.2. The second-order valence-electron chi connectivity index (χ2n) is 5.17. The van der Waals surface area contributed by atoms with E-state index in [1.54, 1.807) is 12.1 Å². The lowest BCUT2D eigenvalue weighted by Gasteiger charge is -2.13. The summed E-state index contributed by atoms with van der Waals surface area (Å²) < 4.78 is 0. The van der Waals surface area contributed by atoms with E-state index < -0.39 is 0 Å². The summed E-state index contributed by atoms with van der Waals surface area (Å²) in [7, 11) is 0. The zero-order chi connectivity index (χ0) is 17.5. The number of anilines is 1. The molecule has 0 saturated heterocycles. The number of hydrogen-bond donors (Lipinski definition) is 3. The van der Waals surface area contributed by atoms with E-state index in [2.05, 4.69) is 16.2 Å². The van der Waals surface area contributed by atoms with Crippen LogP contribution < -0.4 is 16.2 Å². The van der Waals surface area contributed by atoms with Crippen LogP contribution >= 0.6 is 23.8 Å². The molecule has 0 fully saturated rings. The van der Waals surface area contributed by atoms with Crippen molar-refractivity contribution >= 4 is 46.6 Å². The molecule has 2 aromatic carbocycles. The Kier molecular flexibility index (Phi) is 6.35. The number of carbonyl (C=O) groups excluding carboxylic acids is 1. The Morgan fingerprint density at radius 1 is 1.08 bits per heavy atom. The molecule has 0 heterocycles. The maximum Gasteiger partial charge on any atom is 0.262 e. The van der Waals surface area contributed by atoms with Crippen LogP contribution in [0.5, 0.6) is 0 Å². The van der Waals surface area contributed by atoms with Crippen molar-refractivity contribution < 1.29 is 4.79 Å². The van der Waals surface area contributed by atoms with E-state index in [0.717, 1.165) is 22.4 Å². The predicted molar refractivity (Wildman–Crippen MR) is 104 cm³/mol. The van der Waals surface area contributed by atoms with Crippen LogP contribution in [0.4, 0.5) is 5.69 Å². The van der Waals surface area contributed by atoms with Crippen molar-refractivity contribution in [1.29, 1.82) is 0 Å². The Morgan fingerprint density at radius 2 is 1.83 bits per heavy atom. The van der Waals surface area contributed by atoms with Gasteiger partial charge in [-0.3, -0.25) is 15.6 Å². The number of nitrogens with one attached hydrogen (secondary N) is 3. The molecule has 0 radical (unpaired) electrons. The Hall–Kier alpha value is -2.37. The summed E-state index contributed by atoms with van der Waals surface area (Å²) in [5.74, 6) is -0.333. The third-order valence-electron chi connectivity index (χ3n) is 3.47. The fourth-order valence-corrected chi connectivity index (χ4v) is 2.34. The van der Waals surface area contributed by atoms with Crippen molar-refractivity contribution in [3.63, 3.8) is 0 Å². The largest absolute Gasteiger partial charge is 0.331 e. The highest BCUT2D eigenvalue weighted by Crippen LogP contribution is 2.17. The number of halogens is 1. The van der Waals surface area contributed by atoms with Crippen LogP contribution in [0.15, 0.2) is 48.5 Å². The SMILES string of the molecule is Cc1cccc(NC(=S)NNC(=O)/C=C/c2ccccc2Cl)c1C. The van der Waals surface area contributed by atoms with Gasteiger partial charge in [-0.15, -0.1) is 0 Å². The molecule has 0 spiro atoms. The first-order valence-electron chi connectivity index (χ1n) is 7.33. The standard InChI is InChI=1S/C18H18ClN3OS/c1-12-6-5-9-16(13(12)2)20-18(24)22-21-17(23)11-10-14-7-3-4-8-15(14)19/h3-11H,1-2H3,(H,21,23)(H2,20,22,24)/b11-10+. The number of amides is 1. The van der Waals surface area contributed by atoms with Gasteiger partial charge in [0.15, 0.2) is 5.11 Å². The molecule has 0 saturated carbocycles. The molecule has 0 aliphatic carbocycles. The molecule has 6 heteroatoms. The molecule has 1 amide bonds. The molecule has 2 aromatic rings. The fourth-order valence-electron chi connectivity index (χ4n) is 1.98. The van der Waals surface area contributed by atoms with E-state index in [-0.39, 0.29) is 5.91 Å². The Balaban J connectivity index is 1.86. The number of thiocarbonyl (C=S) groups is 1. The number of hydrazine groups is 1. The minimum atomic E-state index is -0.333. The molecule has 124 valence electrons. The van der Waals surface area contributed by atoms with E-state index in [1.807, 2.05) is 50.2 Å². The average Bonchev–Trinajstić information content (AvgIpc) is 2.56. The number of aryl methyl sites for hydroxylation is 1. The molecule has 0 aromatic heterocycles. The van der Waals surface area contributed by atoms with Gasteiger partial charge in [-0.05, 0) is 61.0 Å². The number of rotatable bonds is 3. The average molecular weight is 360 g/mol. The molecule has 24 heavy (non-hydrogen) atoms. The van der Waals surface area contributed by atoms with Gasteiger partial charge in [0.25, 0.3) is 5.91 Å². The number of benzene rings is 2. The summed E-state index contributed by atoms with van der Waals surface area (Å²) in [6.45, 7) is 4.03. The highest BCUT2D eigenvalue weighted by atomic mass is 35.5. The van der Waals surface area contributed by atoms with E-state index in [9.17, 15) is 4.79 Å². The Labute approximate surface area is 151 Å². The van der Waals surface area contributed by atoms with Crippen LogP contribution in [-0.2, 0) is 4.79 Å². The molecule has 0 aliphatic heterocycles. The maximum atomic E-state index is 11.8. The van der Waals surface area contributed by atoms with Gasteiger partial charge in [-0.1, -0.05) is 41.9 Å². The molecule has 0 bridgehead atoms. The van der Waals surface area contributed by atoms with Crippen LogP contribution in [0.1, 0.15) is 16.7 Å². The Bertz CT molecular complexity index is 790. The number of hydrogen-bond acceptors (Lipinski definition) is 2. The summed E-state index contributed by atoms with van der Waals surface area (Å²) in [4.78, 5) is 11.8. The van der Waals surface area contributed by atoms with Gasteiger partial charge in [-0.25, -0.2) is 0 Å².